The maximum absolute atomic E-state index is 12.4. The molecule has 0 aromatic heterocycles. The number of carbonyl (C=O) groups is 4. The van der Waals surface area contributed by atoms with Crippen molar-refractivity contribution in [2.24, 2.45) is 11.7 Å². The van der Waals surface area contributed by atoms with Gasteiger partial charge in [0.2, 0.25) is 17.7 Å². The fraction of sp³-hybridized carbons (Fsp3) is 0.750. The van der Waals surface area contributed by atoms with Gasteiger partial charge in [0.25, 0.3) is 0 Å². The van der Waals surface area contributed by atoms with Crippen LogP contribution in [0.1, 0.15) is 34.6 Å². The molecule has 0 aromatic rings. The fourth-order valence-corrected chi connectivity index (χ4v) is 2.10. The summed E-state index contributed by atoms with van der Waals surface area (Å²) in [6.45, 7) is 7.11. The lowest BCUT2D eigenvalue weighted by Gasteiger charge is -2.28. The minimum atomic E-state index is -1.55. The predicted octanol–water partition coefficient (Wildman–Crippen LogP) is -2.71. The van der Waals surface area contributed by atoms with Crippen molar-refractivity contribution in [3.05, 3.63) is 0 Å². The van der Waals surface area contributed by atoms with Crippen LogP contribution in [0, 0.1) is 5.92 Å². The van der Waals surface area contributed by atoms with Crippen LogP contribution in [-0.2, 0) is 19.2 Å². The van der Waals surface area contributed by atoms with E-state index in [2.05, 4.69) is 16.0 Å². The first-order valence-electron chi connectivity index (χ1n) is 8.55. The number of hydrogen-bond donors (Lipinski definition) is 7. The van der Waals surface area contributed by atoms with E-state index in [1.165, 1.54) is 20.8 Å². The van der Waals surface area contributed by atoms with Crippen molar-refractivity contribution < 1.29 is 34.5 Å². The zero-order valence-corrected chi connectivity index (χ0v) is 16.1. The van der Waals surface area contributed by atoms with Gasteiger partial charge in [-0.2, -0.15) is 0 Å². The highest BCUT2D eigenvalue weighted by Gasteiger charge is 2.34. The van der Waals surface area contributed by atoms with Crippen LogP contribution in [0.15, 0.2) is 0 Å². The number of amides is 3. The molecule has 0 spiro atoms. The molecule has 0 saturated heterocycles. The fourth-order valence-electron chi connectivity index (χ4n) is 2.10. The Bertz CT molecular complexity index is 549. The van der Waals surface area contributed by atoms with E-state index in [4.69, 9.17) is 10.8 Å². The largest absolute Gasteiger partial charge is 0.480 e. The number of aliphatic carboxylic acids is 1. The molecule has 0 rings (SSSR count). The molecule has 0 aliphatic heterocycles. The van der Waals surface area contributed by atoms with Gasteiger partial charge >= 0.3 is 5.97 Å². The van der Waals surface area contributed by atoms with Crippen LogP contribution in [0.25, 0.3) is 0 Å². The van der Waals surface area contributed by atoms with Crippen LogP contribution in [0.5, 0.6) is 0 Å². The number of hydrogen-bond acceptors (Lipinski definition) is 7. The second-order valence-electron chi connectivity index (χ2n) is 6.81. The third-order valence-electron chi connectivity index (χ3n) is 3.77. The first-order valence-corrected chi connectivity index (χ1v) is 8.55. The van der Waals surface area contributed by atoms with Crippen molar-refractivity contribution in [3.8, 4) is 0 Å². The van der Waals surface area contributed by atoms with Crippen LogP contribution in [0.3, 0.4) is 0 Å². The average Bonchev–Trinajstić information content (AvgIpc) is 2.52. The van der Waals surface area contributed by atoms with Crippen molar-refractivity contribution in [2.75, 3.05) is 0 Å². The molecular formula is C16H30N4O7. The molecular weight excluding hydrogens is 360 g/mol. The number of nitrogens with two attached hydrogens (primary N) is 1. The van der Waals surface area contributed by atoms with Gasteiger partial charge in [0.1, 0.15) is 12.1 Å². The highest BCUT2D eigenvalue weighted by Crippen LogP contribution is 2.06. The summed E-state index contributed by atoms with van der Waals surface area (Å²) >= 11 is 0. The lowest BCUT2D eigenvalue weighted by molar-refractivity contribution is -0.145. The Kier molecular flexibility index (Phi) is 9.90. The van der Waals surface area contributed by atoms with Gasteiger partial charge in [-0.3, -0.25) is 14.4 Å². The molecule has 0 saturated carbocycles. The second kappa shape index (κ2) is 10.8. The minimum Gasteiger partial charge on any atom is -0.480 e. The smallest absolute Gasteiger partial charge is 0.328 e. The summed E-state index contributed by atoms with van der Waals surface area (Å²) in [6, 6.07) is -4.98. The van der Waals surface area contributed by atoms with Gasteiger partial charge in [-0.05, 0) is 26.7 Å². The summed E-state index contributed by atoms with van der Waals surface area (Å²) in [4.78, 5) is 47.7. The molecule has 27 heavy (non-hydrogen) atoms. The summed E-state index contributed by atoms with van der Waals surface area (Å²) in [6.07, 6.45) is -2.63. The van der Waals surface area contributed by atoms with Crippen molar-refractivity contribution in [1.29, 1.82) is 0 Å². The van der Waals surface area contributed by atoms with E-state index in [-0.39, 0.29) is 0 Å². The van der Waals surface area contributed by atoms with Gasteiger partial charge in [-0.1, -0.05) is 13.8 Å². The Morgan fingerprint density at radius 1 is 0.704 bits per heavy atom. The zero-order valence-electron chi connectivity index (χ0n) is 16.1. The Hall–Kier alpha value is -2.24. The molecule has 11 heteroatoms. The maximum atomic E-state index is 12.4. The predicted molar refractivity (Wildman–Crippen MR) is 95.3 cm³/mol. The van der Waals surface area contributed by atoms with Crippen LogP contribution in [0.2, 0.25) is 0 Å². The SMILES string of the molecule is CC(N)C(=O)NC(C(=O)NC(C(=O)NC(C(=O)O)C(C)O)C(C)C)C(C)O. The quantitative estimate of drug-likeness (QED) is 0.209. The Labute approximate surface area is 157 Å². The molecule has 0 bridgehead atoms. The van der Waals surface area contributed by atoms with Gasteiger partial charge in [-0.15, -0.1) is 0 Å². The van der Waals surface area contributed by atoms with E-state index < -0.39 is 66.0 Å². The van der Waals surface area contributed by atoms with E-state index >= 15 is 0 Å². The molecule has 8 N–H and O–H groups in total. The van der Waals surface area contributed by atoms with Crippen molar-refractivity contribution in [3.63, 3.8) is 0 Å². The summed E-state index contributed by atoms with van der Waals surface area (Å²) in [7, 11) is 0. The maximum Gasteiger partial charge on any atom is 0.328 e. The van der Waals surface area contributed by atoms with Gasteiger partial charge in [0, 0.05) is 0 Å². The standard InChI is InChI=1S/C16H30N4O7/c1-6(2)10(14(24)20-12(9(5)22)16(26)27)18-15(25)11(8(4)21)19-13(23)7(3)17/h6-12,21-22H,17H2,1-5H3,(H,18,25)(H,19,23)(H,20,24)(H,26,27). The first-order chi connectivity index (χ1) is 12.3. The third-order valence-corrected chi connectivity index (χ3v) is 3.77. The monoisotopic (exact) mass is 390 g/mol. The van der Waals surface area contributed by atoms with Crippen molar-refractivity contribution in [1.82, 2.24) is 16.0 Å². The molecule has 0 aromatic carbocycles. The highest BCUT2D eigenvalue weighted by molar-refractivity contribution is 5.94. The van der Waals surface area contributed by atoms with E-state index in [1.54, 1.807) is 13.8 Å². The average molecular weight is 390 g/mol. The molecule has 0 aliphatic rings. The second-order valence-corrected chi connectivity index (χ2v) is 6.81. The topological polar surface area (TPSA) is 191 Å². The molecule has 156 valence electrons. The molecule has 11 nitrogen and oxygen atoms in total. The van der Waals surface area contributed by atoms with E-state index in [9.17, 15) is 29.4 Å². The summed E-state index contributed by atoms with van der Waals surface area (Å²) in [5.74, 6) is -4.21. The molecule has 0 radical (unpaired) electrons. The summed E-state index contributed by atoms with van der Waals surface area (Å²) in [5, 5.41) is 35.1. The van der Waals surface area contributed by atoms with Gasteiger partial charge in [0.05, 0.1) is 18.2 Å². The van der Waals surface area contributed by atoms with E-state index in [0.29, 0.717) is 0 Å². The van der Waals surface area contributed by atoms with E-state index in [1.807, 2.05) is 0 Å². The normalized spacial score (nSPS) is 17.8. The van der Waals surface area contributed by atoms with Gasteiger partial charge in [-0.25, -0.2) is 4.79 Å². The van der Waals surface area contributed by atoms with E-state index in [0.717, 1.165) is 0 Å². The molecule has 6 atom stereocenters. The van der Waals surface area contributed by atoms with Crippen LogP contribution < -0.4 is 21.7 Å². The van der Waals surface area contributed by atoms with Gasteiger partial charge in [0.15, 0.2) is 6.04 Å². The highest BCUT2D eigenvalue weighted by atomic mass is 16.4. The number of aliphatic hydroxyl groups excluding tert-OH is 2. The molecule has 3 amide bonds. The number of carboxylic acid groups (broad SMARTS) is 1. The number of rotatable bonds is 10. The summed E-state index contributed by atoms with van der Waals surface area (Å²) < 4.78 is 0. The first kappa shape index (κ1) is 24.8. The zero-order chi connectivity index (χ0) is 21.5. The Morgan fingerprint density at radius 2 is 1.07 bits per heavy atom. The van der Waals surface area contributed by atoms with Crippen LogP contribution >= 0.6 is 0 Å². The third kappa shape index (κ3) is 7.89. The minimum absolute atomic E-state index is 0.448. The Morgan fingerprint density at radius 3 is 1.41 bits per heavy atom. The van der Waals surface area contributed by atoms with Gasteiger partial charge < -0.3 is 37.0 Å². The molecule has 6 unspecified atom stereocenters. The number of carbonyl (C=O) groups excluding carboxylic acids is 3. The number of carboxylic acids is 1. The lowest BCUT2D eigenvalue weighted by atomic mass is 10.0. The number of aliphatic hydroxyl groups is 2. The molecule has 0 heterocycles. The van der Waals surface area contributed by atoms with Crippen LogP contribution in [0.4, 0.5) is 0 Å². The summed E-state index contributed by atoms with van der Waals surface area (Å²) in [5.41, 5.74) is 5.42. The van der Waals surface area contributed by atoms with Crippen LogP contribution in [-0.4, -0.2) is 75.4 Å². The molecule has 0 fully saturated rings. The van der Waals surface area contributed by atoms with Crippen molar-refractivity contribution >= 4 is 23.7 Å². The van der Waals surface area contributed by atoms with Crippen molar-refractivity contribution in [2.45, 2.75) is 71.0 Å². The lowest BCUT2D eigenvalue weighted by Crippen LogP contribution is -2.61. The number of nitrogens with one attached hydrogen (secondary N) is 3. The Balaban J connectivity index is 5.30. The molecule has 0 aliphatic carbocycles.